The van der Waals surface area contributed by atoms with E-state index in [2.05, 4.69) is 5.32 Å². The molecule has 3 nitrogen and oxygen atoms in total. The molecular weight excluding hydrogens is 269 g/mol. The Kier molecular flexibility index (Phi) is 5.06. The number of hydrogen-bond donors (Lipinski definition) is 2. The minimum Gasteiger partial charge on any atom is -0.394 e. The molecule has 0 aliphatic carbocycles. The van der Waals surface area contributed by atoms with Gasteiger partial charge in [-0.05, 0) is 42.7 Å². The lowest BCUT2D eigenvalue weighted by Crippen LogP contribution is -2.39. The molecule has 0 radical (unpaired) electrons. The summed E-state index contributed by atoms with van der Waals surface area (Å²) in [4.78, 5) is 12.2. The normalized spacial score (nSPS) is 12.0. The summed E-state index contributed by atoms with van der Waals surface area (Å²) in [5, 5.41) is 12.2. The highest BCUT2D eigenvalue weighted by molar-refractivity contribution is 5.95. The van der Waals surface area contributed by atoms with Crippen LogP contribution in [0.2, 0.25) is 0 Å². The van der Waals surface area contributed by atoms with E-state index < -0.39 is 0 Å². The zero-order valence-electron chi connectivity index (χ0n) is 11.8. The van der Waals surface area contributed by atoms with Gasteiger partial charge >= 0.3 is 0 Å². The zero-order chi connectivity index (χ0) is 15.2. The predicted molar refractivity (Wildman–Crippen MR) is 79.6 cm³/mol. The van der Waals surface area contributed by atoms with Crippen molar-refractivity contribution in [3.63, 3.8) is 0 Å². The van der Waals surface area contributed by atoms with Crippen molar-refractivity contribution in [3.8, 4) is 0 Å². The van der Waals surface area contributed by atoms with Crippen LogP contribution in [0.4, 0.5) is 4.39 Å². The lowest BCUT2D eigenvalue weighted by atomic mass is 10.0. The maximum Gasteiger partial charge on any atom is 0.251 e. The minimum absolute atomic E-state index is 0.152. The molecule has 0 spiro atoms. The molecule has 21 heavy (non-hydrogen) atoms. The van der Waals surface area contributed by atoms with Crippen LogP contribution in [-0.2, 0) is 6.42 Å². The fourth-order valence-corrected chi connectivity index (χ4v) is 2.20. The van der Waals surface area contributed by atoms with E-state index in [1.807, 2.05) is 30.3 Å². The van der Waals surface area contributed by atoms with Crippen molar-refractivity contribution in [2.75, 3.05) is 6.61 Å². The van der Waals surface area contributed by atoms with Gasteiger partial charge < -0.3 is 10.4 Å². The number of carbonyl (C=O) groups is 1. The third-order valence-electron chi connectivity index (χ3n) is 3.31. The highest BCUT2D eigenvalue weighted by Crippen LogP contribution is 2.11. The molecule has 0 aliphatic rings. The van der Waals surface area contributed by atoms with Crippen LogP contribution in [0.1, 0.15) is 21.5 Å². The molecule has 2 rings (SSSR count). The van der Waals surface area contributed by atoms with Gasteiger partial charge in [-0.1, -0.05) is 30.3 Å². The molecule has 1 amide bonds. The molecule has 2 N–H and O–H groups in total. The maximum atomic E-state index is 13.1. The van der Waals surface area contributed by atoms with E-state index >= 15 is 0 Å². The molecule has 1 atom stereocenters. The molecule has 110 valence electrons. The first-order valence-electron chi connectivity index (χ1n) is 6.82. The number of aliphatic hydroxyl groups excluding tert-OH is 1. The maximum absolute atomic E-state index is 13.1. The fraction of sp³-hybridized carbons (Fsp3) is 0.235. The molecule has 2 aromatic rings. The fourth-order valence-electron chi connectivity index (χ4n) is 2.20. The third-order valence-corrected chi connectivity index (χ3v) is 3.31. The van der Waals surface area contributed by atoms with Crippen molar-refractivity contribution >= 4 is 5.91 Å². The Hall–Kier alpha value is -2.20. The molecule has 0 saturated carbocycles. The topological polar surface area (TPSA) is 49.3 Å². The largest absolute Gasteiger partial charge is 0.394 e. The van der Waals surface area contributed by atoms with E-state index in [9.17, 15) is 14.3 Å². The summed E-state index contributed by atoms with van der Waals surface area (Å²) in [6, 6.07) is 13.3. The Morgan fingerprint density at radius 3 is 2.57 bits per heavy atom. The summed E-state index contributed by atoms with van der Waals surface area (Å²) in [6.45, 7) is 1.53. The highest BCUT2D eigenvalue weighted by Gasteiger charge is 2.15. The smallest absolute Gasteiger partial charge is 0.251 e. The second-order valence-electron chi connectivity index (χ2n) is 5.00. The summed E-state index contributed by atoms with van der Waals surface area (Å²) in [5.74, 6) is -0.672. The Morgan fingerprint density at radius 1 is 1.24 bits per heavy atom. The lowest BCUT2D eigenvalue weighted by Gasteiger charge is -2.17. The van der Waals surface area contributed by atoms with Gasteiger partial charge in [0.05, 0.1) is 12.6 Å². The number of carbonyl (C=O) groups excluding carboxylic acids is 1. The number of nitrogens with one attached hydrogen (secondary N) is 1. The quantitative estimate of drug-likeness (QED) is 0.887. The van der Waals surface area contributed by atoms with Crippen LogP contribution in [-0.4, -0.2) is 23.7 Å². The second kappa shape index (κ2) is 6.99. The van der Waals surface area contributed by atoms with Crippen LogP contribution in [0.15, 0.2) is 48.5 Å². The van der Waals surface area contributed by atoms with Gasteiger partial charge in [0.1, 0.15) is 5.82 Å². The monoisotopic (exact) mass is 287 g/mol. The van der Waals surface area contributed by atoms with E-state index in [1.165, 1.54) is 18.2 Å². The standard InChI is InChI=1S/C17H18FNO2/c1-12-9-14(18)7-8-16(12)17(21)19-15(11-20)10-13-5-3-2-4-6-13/h2-9,15,20H,10-11H2,1H3,(H,19,21). The number of rotatable bonds is 5. The van der Waals surface area contributed by atoms with Crippen molar-refractivity contribution in [3.05, 3.63) is 71.0 Å². The molecule has 0 fully saturated rings. The van der Waals surface area contributed by atoms with Gasteiger partial charge in [-0.3, -0.25) is 4.79 Å². The first kappa shape index (κ1) is 15.2. The van der Waals surface area contributed by atoms with Gasteiger partial charge in [0.2, 0.25) is 0 Å². The number of amides is 1. The number of hydrogen-bond acceptors (Lipinski definition) is 2. The molecule has 0 heterocycles. The SMILES string of the molecule is Cc1cc(F)ccc1C(=O)NC(CO)Cc1ccccc1. The average molecular weight is 287 g/mol. The van der Waals surface area contributed by atoms with Crippen molar-refractivity contribution in [2.45, 2.75) is 19.4 Å². The van der Waals surface area contributed by atoms with Crippen molar-refractivity contribution in [1.29, 1.82) is 0 Å². The van der Waals surface area contributed by atoms with Crippen LogP contribution in [0.5, 0.6) is 0 Å². The van der Waals surface area contributed by atoms with Gasteiger partial charge in [0, 0.05) is 5.56 Å². The van der Waals surface area contributed by atoms with Gasteiger partial charge in [0.15, 0.2) is 0 Å². The van der Waals surface area contributed by atoms with Gasteiger partial charge in [0.25, 0.3) is 5.91 Å². The zero-order valence-corrected chi connectivity index (χ0v) is 11.8. The Bertz CT molecular complexity index is 613. The molecule has 1 unspecified atom stereocenters. The number of aliphatic hydroxyl groups is 1. The van der Waals surface area contributed by atoms with Crippen molar-refractivity contribution in [2.24, 2.45) is 0 Å². The minimum atomic E-state index is -0.371. The number of aryl methyl sites for hydroxylation is 1. The molecule has 0 aromatic heterocycles. The van der Waals surface area contributed by atoms with Crippen LogP contribution in [0.3, 0.4) is 0 Å². The van der Waals surface area contributed by atoms with E-state index in [0.717, 1.165) is 5.56 Å². The number of halogens is 1. The second-order valence-corrected chi connectivity index (χ2v) is 5.00. The molecule has 0 saturated heterocycles. The summed E-state index contributed by atoms with van der Waals surface area (Å²) in [7, 11) is 0. The molecule has 4 heteroatoms. The van der Waals surface area contributed by atoms with Crippen LogP contribution < -0.4 is 5.32 Å². The number of benzene rings is 2. The van der Waals surface area contributed by atoms with E-state index in [4.69, 9.17) is 0 Å². The Morgan fingerprint density at radius 2 is 1.95 bits per heavy atom. The van der Waals surface area contributed by atoms with E-state index in [-0.39, 0.29) is 24.4 Å². The first-order valence-corrected chi connectivity index (χ1v) is 6.82. The lowest BCUT2D eigenvalue weighted by molar-refractivity contribution is 0.0916. The van der Waals surface area contributed by atoms with Crippen molar-refractivity contribution < 1.29 is 14.3 Å². The molecule has 0 bridgehead atoms. The first-order chi connectivity index (χ1) is 10.1. The summed E-state index contributed by atoms with van der Waals surface area (Å²) >= 11 is 0. The summed E-state index contributed by atoms with van der Waals surface area (Å²) in [6.07, 6.45) is 0.545. The van der Waals surface area contributed by atoms with Gasteiger partial charge in [-0.25, -0.2) is 4.39 Å². The Labute approximate surface area is 123 Å². The van der Waals surface area contributed by atoms with Crippen molar-refractivity contribution in [1.82, 2.24) is 5.32 Å². The molecular formula is C17H18FNO2. The van der Waals surface area contributed by atoms with Crippen LogP contribution in [0, 0.1) is 12.7 Å². The van der Waals surface area contributed by atoms with Crippen LogP contribution >= 0.6 is 0 Å². The summed E-state index contributed by atoms with van der Waals surface area (Å²) in [5.41, 5.74) is 2.03. The van der Waals surface area contributed by atoms with E-state index in [0.29, 0.717) is 17.5 Å². The molecule has 2 aromatic carbocycles. The van der Waals surface area contributed by atoms with Crippen LogP contribution in [0.25, 0.3) is 0 Å². The predicted octanol–water partition coefficient (Wildman–Crippen LogP) is 2.47. The third kappa shape index (κ3) is 4.13. The summed E-state index contributed by atoms with van der Waals surface area (Å²) < 4.78 is 13.1. The molecule has 0 aliphatic heterocycles. The van der Waals surface area contributed by atoms with Gasteiger partial charge in [-0.2, -0.15) is 0 Å². The van der Waals surface area contributed by atoms with Gasteiger partial charge in [-0.15, -0.1) is 0 Å². The highest BCUT2D eigenvalue weighted by atomic mass is 19.1. The average Bonchev–Trinajstić information content (AvgIpc) is 2.47. The Balaban J connectivity index is 2.06. The van der Waals surface area contributed by atoms with E-state index in [1.54, 1.807) is 6.92 Å².